The molecule has 0 aliphatic heterocycles. The molecule has 1 N–H and O–H groups in total. The highest BCUT2D eigenvalue weighted by Crippen LogP contribution is 2.26. The predicted octanol–water partition coefficient (Wildman–Crippen LogP) is 3.67. The van der Waals surface area contributed by atoms with Crippen molar-refractivity contribution in [3.05, 3.63) is 11.1 Å². The van der Waals surface area contributed by atoms with Crippen molar-refractivity contribution in [3.8, 4) is 0 Å². The zero-order chi connectivity index (χ0) is 10.7. The van der Waals surface area contributed by atoms with E-state index in [0.717, 1.165) is 24.4 Å². The molecule has 2 atom stereocenters. The monoisotopic (exact) mass is 244 g/mol. The Hall–Kier alpha value is -0.280. The molecule has 0 aromatic carbocycles. The van der Waals surface area contributed by atoms with Gasteiger partial charge in [0.25, 0.3) is 0 Å². The molecule has 1 fully saturated rings. The summed E-state index contributed by atoms with van der Waals surface area (Å²) in [7, 11) is 0. The zero-order valence-electron chi connectivity index (χ0n) is 9.00. The third-order valence-corrected chi connectivity index (χ3v) is 4.07. The van der Waals surface area contributed by atoms with Gasteiger partial charge in [0.1, 0.15) is 0 Å². The van der Waals surface area contributed by atoms with Crippen LogP contribution in [0.25, 0.3) is 0 Å². The largest absolute Gasteiger partial charge is 0.359 e. The molecule has 2 nitrogen and oxygen atoms in total. The van der Waals surface area contributed by atoms with Crippen molar-refractivity contribution in [2.45, 2.75) is 50.4 Å². The number of alkyl halides is 1. The fourth-order valence-corrected chi connectivity index (χ4v) is 3.21. The Kier molecular flexibility index (Phi) is 3.87. The molecule has 15 heavy (non-hydrogen) atoms. The standard InChI is InChI=1S/C11H17ClN2S/c1-2-9-7-15-11(13-9)14-10-5-3-4-8(12)6-10/h7-8,10H,2-6H2,1H3,(H,13,14). The minimum Gasteiger partial charge on any atom is -0.359 e. The Morgan fingerprint density at radius 3 is 3.13 bits per heavy atom. The molecule has 4 heteroatoms. The fraction of sp³-hybridized carbons (Fsp3) is 0.727. The van der Waals surface area contributed by atoms with Crippen LogP contribution in [-0.2, 0) is 6.42 Å². The molecule has 0 bridgehead atoms. The van der Waals surface area contributed by atoms with E-state index >= 15 is 0 Å². The van der Waals surface area contributed by atoms with Crippen LogP contribution in [0.3, 0.4) is 0 Å². The summed E-state index contributed by atoms with van der Waals surface area (Å²) in [6.07, 6.45) is 5.71. The maximum Gasteiger partial charge on any atom is 0.183 e. The minimum atomic E-state index is 0.349. The van der Waals surface area contributed by atoms with Crippen LogP contribution < -0.4 is 5.32 Å². The first kappa shape index (κ1) is 11.2. The lowest BCUT2D eigenvalue weighted by molar-refractivity contribution is 0.468. The predicted molar refractivity (Wildman–Crippen MR) is 67.0 cm³/mol. The fourth-order valence-electron chi connectivity index (χ4n) is 1.97. The maximum absolute atomic E-state index is 6.15. The number of nitrogens with one attached hydrogen (secondary N) is 1. The highest BCUT2D eigenvalue weighted by Gasteiger charge is 2.20. The van der Waals surface area contributed by atoms with Crippen molar-refractivity contribution in [3.63, 3.8) is 0 Å². The van der Waals surface area contributed by atoms with Gasteiger partial charge in [-0.3, -0.25) is 0 Å². The van der Waals surface area contributed by atoms with Crippen molar-refractivity contribution in [1.29, 1.82) is 0 Å². The number of aryl methyl sites for hydroxylation is 1. The highest BCUT2D eigenvalue weighted by atomic mass is 35.5. The summed E-state index contributed by atoms with van der Waals surface area (Å²) in [5, 5.41) is 7.02. The summed E-state index contributed by atoms with van der Waals surface area (Å²) in [5.74, 6) is 0. The lowest BCUT2D eigenvalue weighted by Crippen LogP contribution is -2.27. The summed E-state index contributed by atoms with van der Waals surface area (Å²) in [4.78, 5) is 4.51. The third kappa shape index (κ3) is 3.08. The first-order valence-corrected chi connectivity index (χ1v) is 6.94. The smallest absolute Gasteiger partial charge is 0.183 e. The zero-order valence-corrected chi connectivity index (χ0v) is 10.6. The van der Waals surface area contributed by atoms with Gasteiger partial charge in [0.15, 0.2) is 5.13 Å². The van der Waals surface area contributed by atoms with Gasteiger partial charge >= 0.3 is 0 Å². The molecule has 1 aromatic heterocycles. The lowest BCUT2D eigenvalue weighted by Gasteiger charge is -2.25. The number of anilines is 1. The Balaban J connectivity index is 1.90. The average molecular weight is 245 g/mol. The van der Waals surface area contributed by atoms with Crippen LogP contribution >= 0.6 is 22.9 Å². The van der Waals surface area contributed by atoms with Gasteiger partial charge in [-0.05, 0) is 32.1 Å². The van der Waals surface area contributed by atoms with Gasteiger partial charge in [-0.25, -0.2) is 4.98 Å². The summed E-state index contributed by atoms with van der Waals surface area (Å²) >= 11 is 7.86. The molecule has 1 saturated carbocycles. The third-order valence-electron chi connectivity index (χ3n) is 2.85. The van der Waals surface area contributed by atoms with Crippen LogP contribution in [0.1, 0.15) is 38.3 Å². The summed E-state index contributed by atoms with van der Waals surface area (Å²) in [6, 6.07) is 0.525. The van der Waals surface area contributed by atoms with Crippen LogP contribution in [0.2, 0.25) is 0 Å². The molecule has 0 spiro atoms. The lowest BCUT2D eigenvalue weighted by atomic mass is 9.95. The number of halogens is 1. The number of nitrogens with zero attached hydrogens (tertiary/aromatic N) is 1. The van der Waals surface area contributed by atoms with E-state index in [4.69, 9.17) is 11.6 Å². The van der Waals surface area contributed by atoms with Crippen LogP contribution in [0.4, 0.5) is 5.13 Å². The van der Waals surface area contributed by atoms with E-state index in [0.29, 0.717) is 11.4 Å². The first-order valence-electron chi connectivity index (χ1n) is 5.63. The van der Waals surface area contributed by atoms with E-state index in [9.17, 15) is 0 Å². The Labute approximate surface area is 100 Å². The number of rotatable bonds is 3. The summed E-state index contributed by atoms with van der Waals surface area (Å²) in [6.45, 7) is 2.13. The van der Waals surface area contributed by atoms with Crippen LogP contribution in [0.15, 0.2) is 5.38 Å². The minimum absolute atomic E-state index is 0.349. The van der Waals surface area contributed by atoms with Gasteiger partial charge in [-0.2, -0.15) is 0 Å². The molecular formula is C11H17ClN2S. The van der Waals surface area contributed by atoms with E-state index in [-0.39, 0.29) is 0 Å². The maximum atomic E-state index is 6.15. The van der Waals surface area contributed by atoms with Crippen LogP contribution in [-0.4, -0.2) is 16.4 Å². The second-order valence-electron chi connectivity index (χ2n) is 4.10. The normalized spacial score (nSPS) is 26.5. The van der Waals surface area contributed by atoms with E-state index in [2.05, 4.69) is 22.6 Å². The second-order valence-corrected chi connectivity index (χ2v) is 5.58. The van der Waals surface area contributed by atoms with Crippen molar-refractivity contribution < 1.29 is 0 Å². The van der Waals surface area contributed by atoms with Gasteiger partial charge in [0.05, 0.1) is 5.69 Å². The molecule has 1 heterocycles. The number of hydrogen-bond acceptors (Lipinski definition) is 3. The molecule has 2 unspecified atom stereocenters. The van der Waals surface area contributed by atoms with Crippen molar-refractivity contribution in [2.24, 2.45) is 0 Å². The summed E-state index contributed by atoms with van der Waals surface area (Å²) < 4.78 is 0. The van der Waals surface area contributed by atoms with E-state index in [1.165, 1.54) is 18.5 Å². The molecule has 0 radical (unpaired) electrons. The number of hydrogen-bond donors (Lipinski definition) is 1. The van der Waals surface area contributed by atoms with E-state index < -0.39 is 0 Å². The number of thiazole rings is 1. The highest BCUT2D eigenvalue weighted by molar-refractivity contribution is 7.13. The van der Waals surface area contributed by atoms with Crippen molar-refractivity contribution in [2.75, 3.05) is 5.32 Å². The average Bonchev–Trinajstić information content (AvgIpc) is 2.65. The molecule has 2 rings (SSSR count). The molecule has 1 aliphatic carbocycles. The van der Waals surface area contributed by atoms with Gasteiger partial charge in [0.2, 0.25) is 0 Å². The van der Waals surface area contributed by atoms with E-state index in [1.807, 2.05) is 0 Å². The quantitative estimate of drug-likeness (QED) is 0.821. The summed E-state index contributed by atoms with van der Waals surface area (Å²) in [5.41, 5.74) is 1.18. The SMILES string of the molecule is CCc1csc(NC2CCCC(Cl)C2)n1. The second kappa shape index (κ2) is 5.17. The molecule has 1 aliphatic rings. The van der Waals surface area contributed by atoms with Gasteiger partial charge in [-0.1, -0.05) is 6.92 Å². The van der Waals surface area contributed by atoms with Gasteiger partial charge < -0.3 is 5.32 Å². The molecule has 84 valence electrons. The molecule has 0 saturated heterocycles. The van der Waals surface area contributed by atoms with E-state index in [1.54, 1.807) is 11.3 Å². The first-order chi connectivity index (χ1) is 7.28. The van der Waals surface area contributed by atoms with Crippen LogP contribution in [0.5, 0.6) is 0 Å². The van der Waals surface area contributed by atoms with Crippen molar-refractivity contribution >= 4 is 28.1 Å². The molecule has 1 aromatic rings. The Morgan fingerprint density at radius 1 is 1.60 bits per heavy atom. The van der Waals surface area contributed by atoms with Gasteiger partial charge in [0, 0.05) is 16.8 Å². The molecular weight excluding hydrogens is 228 g/mol. The van der Waals surface area contributed by atoms with Gasteiger partial charge in [-0.15, -0.1) is 22.9 Å². The van der Waals surface area contributed by atoms with Crippen LogP contribution in [0, 0.1) is 0 Å². The Morgan fingerprint density at radius 2 is 2.47 bits per heavy atom. The topological polar surface area (TPSA) is 24.9 Å². The Bertz CT molecular complexity index is 313. The molecule has 0 amide bonds. The number of aromatic nitrogens is 1. The van der Waals surface area contributed by atoms with Crippen molar-refractivity contribution in [1.82, 2.24) is 4.98 Å².